The topological polar surface area (TPSA) is 86.7 Å². The maximum Gasteiger partial charge on any atom is 0.307 e. The highest BCUT2D eigenvalue weighted by Crippen LogP contribution is 2.01. The number of carboxylic acids is 1. The summed E-state index contributed by atoms with van der Waals surface area (Å²) in [5, 5.41) is 8.53. The van der Waals surface area contributed by atoms with Crippen LogP contribution in [0.1, 0.15) is 6.92 Å². The fourth-order valence-electron chi connectivity index (χ4n) is 0.718. The summed E-state index contributed by atoms with van der Waals surface area (Å²) >= 11 is 0. The number of hydrogen-bond donors (Lipinski definition) is 2. The largest absolute Gasteiger partial charge is 0.481 e. The molecule has 0 bridgehead atoms. The van der Waals surface area contributed by atoms with Crippen LogP contribution in [0.4, 0.5) is 0 Å². The second-order valence-electron chi connectivity index (χ2n) is 2.73. The summed E-state index contributed by atoms with van der Waals surface area (Å²) in [6.45, 7) is 1.41. The molecule has 1 atom stereocenters. The van der Waals surface area contributed by atoms with E-state index in [1.54, 1.807) is 0 Å². The van der Waals surface area contributed by atoms with E-state index in [1.165, 1.54) is 21.0 Å². The third-order valence-electron chi connectivity index (χ3n) is 1.62. The molecule has 0 saturated carbocycles. The highest BCUT2D eigenvalue weighted by Gasteiger charge is 2.20. The van der Waals surface area contributed by atoms with Gasteiger partial charge in [0, 0.05) is 20.6 Å². The van der Waals surface area contributed by atoms with Crippen LogP contribution in [0.3, 0.4) is 0 Å². The van der Waals surface area contributed by atoms with Crippen LogP contribution in [-0.2, 0) is 15.0 Å². The Balaban J connectivity index is 4.32. The SMILES string of the molecule is CNS(=O)(=O)N(C)CC(C)C(=O)O. The van der Waals surface area contributed by atoms with Gasteiger partial charge in [-0.05, 0) is 0 Å². The molecule has 1 unspecified atom stereocenters. The normalized spacial score (nSPS) is 14.5. The molecule has 0 aliphatic carbocycles. The first kappa shape index (κ1) is 12.3. The first-order chi connectivity index (χ1) is 5.81. The van der Waals surface area contributed by atoms with Gasteiger partial charge in [0.05, 0.1) is 5.92 Å². The number of rotatable bonds is 5. The Morgan fingerprint density at radius 1 is 1.62 bits per heavy atom. The Labute approximate surface area is 77.7 Å². The van der Waals surface area contributed by atoms with Crippen molar-refractivity contribution in [1.29, 1.82) is 0 Å². The average molecular weight is 210 g/mol. The molecule has 0 fully saturated rings. The highest BCUT2D eigenvalue weighted by molar-refractivity contribution is 7.87. The molecular weight excluding hydrogens is 196 g/mol. The minimum atomic E-state index is -3.51. The van der Waals surface area contributed by atoms with E-state index in [0.29, 0.717) is 0 Å². The van der Waals surface area contributed by atoms with E-state index < -0.39 is 22.1 Å². The van der Waals surface area contributed by atoms with Gasteiger partial charge < -0.3 is 5.11 Å². The van der Waals surface area contributed by atoms with E-state index in [4.69, 9.17) is 5.11 Å². The standard InChI is InChI=1S/C6H14N2O4S/c1-5(6(9)10)4-8(3)13(11,12)7-2/h5,7H,4H2,1-3H3,(H,9,10). The van der Waals surface area contributed by atoms with Crippen LogP contribution in [0.25, 0.3) is 0 Å². The third-order valence-corrected chi connectivity index (χ3v) is 3.11. The number of carboxylic acid groups (broad SMARTS) is 1. The van der Waals surface area contributed by atoms with Crippen LogP contribution in [0.15, 0.2) is 0 Å². The molecule has 0 aliphatic heterocycles. The van der Waals surface area contributed by atoms with Crippen molar-refractivity contribution in [3.63, 3.8) is 0 Å². The predicted octanol–water partition coefficient (Wildman–Crippen LogP) is -0.897. The first-order valence-corrected chi connectivity index (χ1v) is 5.13. The highest BCUT2D eigenvalue weighted by atomic mass is 32.2. The minimum absolute atomic E-state index is 0.0431. The van der Waals surface area contributed by atoms with Crippen molar-refractivity contribution in [2.75, 3.05) is 20.6 Å². The van der Waals surface area contributed by atoms with Crippen LogP contribution in [0.5, 0.6) is 0 Å². The van der Waals surface area contributed by atoms with Gasteiger partial charge in [-0.3, -0.25) is 4.79 Å². The van der Waals surface area contributed by atoms with Gasteiger partial charge in [0.2, 0.25) is 0 Å². The van der Waals surface area contributed by atoms with Crippen molar-refractivity contribution >= 4 is 16.2 Å². The molecule has 0 rings (SSSR count). The number of hydrogen-bond acceptors (Lipinski definition) is 3. The molecule has 0 aliphatic rings. The van der Waals surface area contributed by atoms with Gasteiger partial charge in [-0.2, -0.15) is 12.7 Å². The molecule has 6 nitrogen and oxygen atoms in total. The lowest BCUT2D eigenvalue weighted by molar-refractivity contribution is -0.141. The smallest absolute Gasteiger partial charge is 0.307 e. The number of aliphatic carboxylic acids is 1. The molecule has 78 valence electrons. The summed E-state index contributed by atoms with van der Waals surface area (Å²) in [7, 11) is -0.907. The molecule has 0 radical (unpaired) electrons. The van der Waals surface area contributed by atoms with E-state index in [9.17, 15) is 13.2 Å². The lowest BCUT2D eigenvalue weighted by atomic mass is 10.2. The molecule has 0 aromatic carbocycles. The van der Waals surface area contributed by atoms with Gasteiger partial charge in [-0.25, -0.2) is 4.72 Å². The van der Waals surface area contributed by atoms with Crippen molar-refractivity contribution in [2.24, 2.45) is 5.92 Å². The van der Waals surface area contributed by atoms with E-state index in [2.05, 4.69) is 4.72 Å². The fraction of sp³-hybridized carbons (Fsp3) is 0.833. The van der Waals surface area contributed by atoms with Gasteiger partial charge in [-0.15, -0.1) is 0 Å². The second kappa shape index (κ2) is 4.54. The zero-order valence-corrected chi connectivity index (χ0v) is 8.63. The number of nitrogens with zero attached hydrogens (tertiary/aromatic N) is 1. The summed E-state index contributed by atoms with van der Waals surface area (Å²) in [4.78, 5) is 10.4. The summed E-state index contributed by atoms with van der Waals surface area (Å²) in [5.74, 6) is -1.73. The molecule has 7 heteroatoms. The zero-order chi connectivity index (χ0) is 10.6. The lowest BCUT2D eigenvalue weighted by Gasteiger charge is -2.17. The minimum Gasteiger partial charge on any atom is -0.481 e. The van der Waals surface area contributed by atoms with Crippen molar-refractivity contribution < 1.29 is 18.3 Å². The summed E-state index contributed by atoms with van der Waals surface area (Å²) in [5.41, 5.74) is 0. The monoisotopic (exact) mass is 210 g/mol. The third kappa shape index (κ3) is 3.71. The maximum absolute atomic E-state index is 11.1. The molecule has 0 heterocycles. The van der Waals surface area contributed by atoms with Gasteiger partial charge in [0.15, 0.2) is 0 Å². The summed E-state index contributed by atoms with van der Waals surface area (Å²) in [6.07, 6.45) is 0. The molecule has 13 heavy (non-hydrogen) atoms. The Morgan fingerprint density at radius 2 is 2.08 bits per heavy atom. The number of nitrogens with one attached hydrogen (secondary N) is 1. The predicted molar refractivity (Wildman–Crippen MR) is 47.4 cm³/mol. The van der Waals surface area contributed by atoms with Crippen molar-refractivity contribution in [3.05, 3.63) is 0 Å². The van der Waals surface area contributed by atoms with Crippen LogP contribution in [0, 0.1) is 5.92 Å². The average Bonchev–Trinajstić information content (AvgIpc) is 2.04. The van der Waals surface area contributed by atoms with Crippen LogP contribution >= 0.6 is 0 Å². The van der Waals surface area contributed by atoms with E-state index in [-0.39, 0.29) is 6.54 Å². The Bertz CT molecular complexity index is 274. The maximum atomic E-state index is 11.1. The van der Waals surface area contributed by atoms with Gasteiger partial charge in [0.25, 0.3) is 10.2 Å². The fourth-order valence-corrected chi connectivity index (χ4v) is 1.45. The molecule has 0 amide bonds. The van der Waals surface area contributed by atoms with E-state index in [1.807, 2.05) is 0 Å². The molecule has 0 aromatic rings. The van der Waals surface area contributed by atoms with Gasteiger partial charge >= 0.3 is 5.97 Å². The van der Waals surface area contributed by atoms with Gasteiger partial charge in [-0.1, -0.05) is 6.92 Å². The van der Waals surface area contributed by atoms with Crippen molar-refractivity contribution in [3.8, 4) is 0 Å². The van der Waals surface area contributed by atoms with Crippen molar-refractivity contribution in [2.45, 2.75) is 6.92 Å². The van der Waals surface area contributed by atoms with Crippen LogP contribution in [-0.4, -0.2) is 44.4 Å². The molecule has 0 aromatic heterocycles. The van der Waals surface area contributed by atoms with Crippen molar-refractivity contribution in [1.82, 2.24) is 9.03 Å². The quantitative estimate of drug-likeness (QED) is 0.616. The van der Waals surface area contributed by atoms with Gasteiger partial charge in [0.1, 0.15) is 0 Å². The Hall–Kier alpha value is -0.660. The lowest BCUT2D eigenvalue weighted by Crippen LogP contribution is -2.39. The van der Waals surface area contributed by atoms with Crippen LogP contribution in [0.2, 0.25) is 0 Å². The van der Waals surface area contributed by atoms with Crippen LogP contribution < -0.4 is 4.72 Å². The summed E-state index contributed by atoms with van der Waals surface area (Å²) in [6, 6.07) is 0. The van der Waals surface area contributed by atoms with E-state index >= 15 is 0 Å². The molecule has 0 spiro atoms. The molecule has 2 N–H and O–H groups in total. The van der Waals surface area contributed by atoms with E-state index in [0.717, 1.165) is 4.31 Å². The molecular formula is C6H14N2O4S. The Morgan fingerprint density at radius 3 is 2.38 bits per heavy atom. The molecule has 0 saturated heterocycles. The summed E-state index contributed by atoms with van der Waals surface area (Å²) < 4.78 is 25.2. The second-order valence-corrected chi connectivity index (χ2v) is 4.71. The Kier molecular flexibility index (Phi) is 4.31. The zero-order valence-electron chi connectivity index (χ0n) is 7.81. The first-order valence-electron chi connectivity index (χ1n) is 3.69. The number of carbonyl (C=O) groups is 1.